The van der Waals surface area contributed by atoms with Crippen molar-refractivity contribution in [3.63, 3.8) is 0 Å². The van der Waals surface area contributed by atoms with Crippen molar-refractivity contribution in [2.75, 3.05) is 13.6 Å². The summed E-state index contributed by atoms with van der Waals surface area (Å²) in [6.07, 6.45) is 20.7. The van der Waals surface area contributed by atoms with Crippen molar-refractivity contribution in [1.82, 2.24) is 0 Å². The van der Waals surface area contributed by atoms with Gasteiger partial charge in [-0.15, -0.1) is 0 Å². The van der Waals surface area contributed by atoms with Gasteiger partial charge in [0.1, 0.15) is 12.2 Å². The van der Waals surface area contributed by atoms with E-state index in [1.807, 2.05) is 34.6 Å². The summed E-state index contributed by atoms with van der Waals surface area (Å²) in [5.74, 6) is 6.66. The topological polar surface area (TPSA) is 124 Å². The van der Waals surface area contributed by atoms with E-state index in [1.165, 1.54) is 64.2 Å². The van der Waals surface area contributed by atoms with E-state index in [2.05, 4.69) is 0 Å². The summed E-state index contributed by atoms with van der Waals surface area (Å²) in [4.78, 5) is 50.3. The number of hydrogen-bond donors (Lipinski definition) is 0. The first-order valence-corrected chi connectivity index (χ1v) is 24.3. The summed E-state index contributed by atoms with van der Waals surface area (Å²) in [6.45, 7) is 9.94. The molecule has 10 nitrogen and oxygen atoms in total. The van der Waals surface area contributed by atoms with Crippen LogP contribution in [-0.4, -0.2) is 61.9 Å². The second kappa shape index (κ2) is 21.2. The highest BCUT2D eigenvalue weighted by molar-refractivity contribution is 5.77. The lowest BCUT2D eigenvalue weighted by Gasteiger charge is -2.53. The van der Waals surface area contributed by atoms with E-state index in [4.69, 9.17) is 28.4 Å². The van der Waals surface area contributed by atoms with Crippen LogP contribution in [0, 0.1) is 94.2 Å². The number of carbonyl (C=O) groups excluding carboxylic acids is 4. The molecule has 12 bridgehead atoms. The summed E-state index contributed by atoms with van der Waals surface area (Å²) >= 11 is 0. The molecule has 0 aromatic heterocycles. The molecule has 0 aliphatic heterocycles. The quantitative estimate of drug-likeness (QED) is 0.0946. The fraction of sp³-hybridized carbons (Fsp3) is 0.925. The second-order valence-electron chi connectivity index (χ2n) is 22.4. The van der Waals surface area contributed by atoms with Crippen LogP contribution >= 0.6 is 0 Å². The molecule has 0 radical (unpaired) electrons. The third-order valence-corrected chi connectivity index (χ3v) is 18.3. The van der Waals surface area contributed by atoms with Gasteiger partial charge in [-0.25, -0.2) is 0 Å². The van der Waals surface area contributed by atoms with E-state index in [0.29, 0.717) is 41.6 Å². The minimum Gasteiger partial charge on any atom is -0.462 e. The molecule has 12 aliphatic rings. The maximum Gasteiger partial charge on any atom is 0.311 e. The zero-order valence-corrected chi connectivity index (χ0v) is 36.7. The van der Waals surface area contributed by atoms with Crippen molar-refractivity contribution in [3.8, 4) is 0 Å². The zero-order valence-electron chi connectivity index (χ0n) is 36.7. The van der Waals surface area contributed by atoms with Crippen LogP contribution in [0.25, 0.3) is 0 Å². The third-order valence-electron chi connectivity index (χ3n) is 18.3. The molecular weight excluding hydrogens is 797 g/mol. The number of ether oxygens (including phenoxy) is 6. The van der Waals surface area contributed by atoms with Crippen LogP contribution < -0.4 is 0 Å². The largest absolute Gasteiger partial charge is 0.462 e. The summed E-state index contributed by atoms with van der Waals surface area (Å²) < 4.78 is 35.2. The van der Waals surface area contributed by atoms with Crippen molar-refractivity contribution in [1.29, 1.82) is 0 Å². The maximum absolute atomic E-state index is 12.8. The Morgan fingerprint density at radius 1 is 0.508 bits per heavy atom. The van der Waals surface area contributed by atoms with Crippen LogP contribution in [0.2, 0.25) is 0 Å². The smallest absolute Gasteiger partial charge is 0.311 e. The van der Waals surface area contributed by atoms with Gasteiger partial charge in [0.15, 0.2) is 13.6 Å². The van der Waals surface area contributed by atoms with Crippen molar-refractivity contribution < 1.29 is 47.6 Å². The number of hydrogen-bond acceptors (Lipinski definition) is 10. The Morgan fingerprint density at radius 2 is 0.873 bits per heavy atom. The number of fused-ring (bicyclic) bond motifs is 4. The molecular formula is C53H90O10. The SMILES string of the molecule is C.C.C.C.CCC(C)(C)C(=O)OC1CC2CC(C(=O)OCOC3C4CC5CC(C4)CC3C5)C1C2.CCC(C)C(=O)OC1CC2CC(C(=O)OCOC3C4CC5CC(C4)CC3C5)C1C2. The molecule has 9 atom stereocenters. The molecule has 10 heteroatoms. The fourth-order valence-corrected chi connectivity index (χ4v) is 15.1. The lowest BCUT2D eigenvalue weighted by atomic mass is 9.55. The molecule has 0 heterocycles. The van der Waals surface area contributed by atoms with Crippen molar-refractivity contribution in [3.05, 3.63) is 0 Å². The number of carbonyl (C=O) groups is 4. The standard InChI is InChI=1S/C25H38O5.C24H36O5.4CH4/c1-4-25(2,3)24(27)30-21-12-16-10-19(21)20(11-16)23(26)29-13-28-22-17-6-14-5-15(8-17)9-18(22)7-14;1-3-13(2)23(25)29-21-11-16-9-19(21)20(10-16)24(26)28-12-27-22-17-5-14-4-15(7-17)8-18(22)6-14;;;;/h14-22H,4-13H2,1-3H3;13-22H,3-12H2,1-2H3;4*1H4. The molecule has 12 rings (SSSR count). The van der Waals surface area contributed by atoms with Crippen LogP contribution in [0.1, 0.15) is 180 Å². The minimum absolute atomic E-state index is 0. The molecule has 12 saturated carbocycles. The van der Waals surface area contributed by atoms with Crippen LogP contribution in [0.4, 0.5) is 0 Å². The Kier molecular flexibility index (Phi) is 17.4. The predicted molar refractivity (Wildman–Crippen MR) is 245 cm³/mol. The average molecular weight is 887 g/mol. The first kappa shape index (κ1) is 51.8. The van der Waals surface area contributed by atoms with Gasteiger partial charge >= 0.3 is 23.9 Å². The highest BCUT2D eigenvalue weighted by Gasteiger charge is 2.54. The summed E-state index contributed by atoms with van der Waals surface area (Å²) in [5, 5.41) is 0. The van der Waals surface area contributed by atoms with Gasteiger partial charge in [-0.2, -0.15) is 0 Å². The van der Waals surface area contributed by atoms with Gasteiger partial charge < -0.3 is 28.4 Å². The molecule has 0 saturated heterocycles. The fourth-order valence-electron chi connectivity index (χ4n) is 15.1. The molecule has 0 spiro atoms. The Balaban J connectivity index is 0.000000223. The van der Waals surface area contributed by atoms with E-state index in [9.17, 15) is 19.2 Å². The summed E-state index contributed by atoms with van der Waals surface area (Å²) in [5.41, 5.74) is -0.468. The van der Waals surface area contributed by atoms with Crippen LogP contribution in [0.5, 0.6) is 0 Å². The molecule has 63 heavy (non-hydrogen) atoms. The van der Waals surface area contributed by atoms with E-state index in [-0.39, 0.29) is 115 Å². The number of esters is 4. The van der Waals surface area contributed by atoms with Gasteiger partial charge in [-0.1, -0.05) is 50.5 Å². The highest BCUT2D eigenvalue weighted by atomic mass is 16.7. The van der Waals surface area contributed by atoms with Crippen molar-refractivity contribution in [2.24, 2.45) is 94.2 Å². The average Bonchev–Trinajstić information content (AvgIpc) is 4.01. The van der Waals surface area contributed by atoms with E-state index >= 15 is 0 Å². The lowest BCUT2D eigenvalue weighted by Crippen LogP contribution is -2.49. The normalized spacial score (nSPS) is 41.7. The van der Waals surface area contributed by atoms with Crippen LogP contribution in [0.15, 0.2) is 0 Å². The predicted octanol–water partition coefficient (Wildman–Crippen LogP) is 11.6. The van der Waals surface area contributed by atoms with Gasteiger partial charge in [0.2, 0.25) is 0 Å². The molecule has 12 aliphatic carbocycles. The Labute approximate surface area is 382 Å². The van der Waals surface area contributed by atoms with E-state index in [1.54, 1.807) is 0 Å². The van der Waals surface area contributed by atoms with Crippen LogP contribution in [0.3, 0.4) is 0 Å². The number of rotatable bonds is 14. The first-order chi connectivity index (χ1) is 28.3. The van der Waals surface area contributed by atoms with Gasteiger partial charge in [0, 0.05) is 11.8 Å². The third kappa shape index (κ3) is 10.7. The summed E-state index contributed by atoms with van der Waals surface area (Å²) in [6, 6.07) is 0. The minimum atomic E-state index is -0.468. The first-order valence-electron chi connectivity index (χ1n) is 24.3. The van der Waals surface area contributed by atoms with Gasteiger partial charge in [0.05, 0.1) is 35.4 Å². The van der Waals surface area contributed by atoms with Gasteiger partial charge in [0.25, 0.3) is 0 Å². The Bertz CT molecular complexity index is 1500. The monoisotopic (exact) mass is 887 g/mol. The Hall–Kier alpha value is -2.20. The highest BCUT2D eigenvalue weighted by Crippen LogP contribution is 2.57. The maximum atomic E-state index is 12.8. The molecule has 0 amide bonds. The lowest BCUT2D eigenvalue weighted by molar-refractivity contribution is -0.193. The van der Waals surface area contributed by atoms with Crippen LogP contribution in [-0.2, 0) is 47.6 Å². The zero-order chi connectivity index (χ0) is 41.2. The molecule has 362 valence electrons. The second-order valence-corrected chi connectivity index (χ2v) is 22.4. The van der Waals surface area contributed by atoms with E-state index in [0.717, 1.165) is 75.0 Å². The van der Waals surface area contributed by atoms with Crippen molar-refractivity contribution in [2.45, 2.75) is 204 Å². The Morgan fingerprint density at radius 3 is 1.22 bits per heavy atom. The molecule has 12 fully saturated rings. The molecule has 0 N–H and O–H groups in total. The molecule has 0 aromatic carbocycles. The van der Waals surface area contributed by atoms with Gasteiger partial charge in [-0.05, 0) is 189 Å². The van der Waals surface area contributed by atoms with Crippen molar-refractivity contribution >= 4 is 23.9 Å². The van der Waals surface area contributed by atoms with Gasteiger partial charge in [-0.3, -0.25) is 19.2 Å². The van der Waals surface area contributed by atoms with E-state index < -0.39 is 5.41 Å². The summed E-state index contributed by atoms with van der Waals surface area (Å²) in [7, 11) is 0. The molecule has 9 unspecified atom stereocenters. The molecule has 0 aromatic rings.